The maximum absolute atomic E-state index is 11.3. The van der Waals surface area contributed by atoms with Crippen molar-refractivity contribution in [3.8, 4) is 5.75 Å². The summed E-state index contributed by atoms with van der Waals surface area (Å²) in [6.07, 6.45) is 2.72. The normalized spacial score (nSPS) is 10.2. The fourth-order valence-electron chi connectivity index (χ4n) is 1.29. The van der Waals surface area contributed by atoms with Crippen LogP contribution in [0.1, 0.15) is 6.92 Å². The summed E-state index contributed by atoms with van der Waals surface area (Å²) < 4.78 is 5.49. The summed E-state index contributed by atoms with van der Waals surface area (Å²) in [6, 6.07) is 4.80. The molecule has 0 N–H and O–H groups in total. The smallest absolute Gasteiger partial charge is 0.308 e. The van der Waals surface area contributed by atoms with Gasteiger partial charge in [0, 0.05) is 13.0 Å². The van der Waals surface area contributed by atoms with Gasteiger partial charge in [-0.25, -0.2) is 4.73 Å². The Morgan fingerprint density at radius 2 is 2.33 bits per heavy atom. The van der Waals surface area contributed by atoms with Crippen molar-refractivity contribution in [1.29, 1.82) is 0 Å². The highest BCUT2D eigenvalue weighted by molar-refractivity contribution is 5.78. The summed E-state index contributed by atoms with van der Waals surface area (Å²) >= 11 is 0. The van der Waals surface area contributed by atoms with Crippen molar-refractivity contribution in [1.82, 2.24) is 4.98 Å². The third-order valence-electron chi connectivity index (χ3n) is 1.89. The summed E-state index contributed by atoms with van der Waals surface area (Å²) in [4.78, 5) is 14.5. The van der Waals surface area contributed by atoms with E-state index in [4.69, 9.17) is 4.74 Å². The van der Waals surface area contributed by atoms with Gasteiger partial charge in [-0.05, 0) is 12.1 Å². The van der Waals surface area contributed by atoms with E-state index in [1.165, 1.54) is 13.0 Å². The molecule has 5 heteroatoms. The summed E-state index contributed by atoms with van der Waals surface area (Å²) in [7, 11) is 0. The quantitative estimate of drug-likeness (QED) is 0.298. The Morgan fingerprint density at radius 1 is 1.53 bits per heavy atom. The molecule has 0 amide bonds. The Labute approximate surface area is 85.5 Å². The van der Waals surface area contributed by atoms with E-state index >= 15 is 0 Å². The van der Waals surface area contributed by atoms with Crippen molar-refractivity contribution >= 4 is 16.9 Å². The first-order chi connectivity index (χ1) is 7.16. The minimum atomic E-state index is -0.416. The molecule has 0 radical (unpaired) electrons. The van der Waals surface area contributed by atoms with Gasteiger partial charge >= 0.3 is 5.97 Å². The molecule has 2 rings (SSSR count). The molecule has 0 spiro atoms. The number of rotatable bonds is 1. The van der Waals surface area contributed by atoms with Gasteiger partial charge in [0.05, 0.1) is 5.39 Å². The van der Waals surface area contributed by atoms with Gasteiger partial charge in [-0.2, -0.15) is 0 Å². The predicted octanol–water partition coefficient (Wildman–Crippen LogP) is 0.793. The number of esters is 1. The lowest BCUT2D eigenvalue weighted by Crippen LogP contribution is -2.26. The lowest BCUT2D eigenvalue weighted by atomic mass is 10.2. The van der Waals surface area contributed by atoms with E-state index in [1.807, 2.05) is 0 Å². The van der Waals surface area contributed by atoms with Crippen LogP contribution in [0.25, 0.3) is 10.9 Å². The zero-order valence-electron chi connectivity index (χ0n) is 8.01. The number of carbonyl (C=O) groups excluding carboxylic acids is 1. The summed E-state index contributed by atoms with van der Waals surface area (Å²) in [6.45, 7) is 1.31. The zero-order valence-corrected chi connectivity index (χ0v) is 8.01. The SMILES string of the molecule is CC(=O)Oc1ccc2cnc[n+]([O-])c2c1. The van der Waals surface area contributed by atoms with Crippen LogP contribution in [0.3, 0.4) is 0 Å². The third kappa shape index (κ3) is 1.85. The summed E-state index contributed by atoms with van der Waals surface area (Å²) in [5.74, 6) is -0.0633. The summed E-state index contributed by atoms with van der Waals surface area (Å²) in [5.41, 5.74) is 0.420. The Balaban J connectivity index is 2.54. The van der Waals surface area contributed by atoms with Crippen LogP contribution in [0.5, 0.6) is 5.75 Å². The number of fused-ring (bicyclic) bond motifs is 1. The monoisotopic (exact) mass is 204 g/mol. The van der Waals surface area contributed by atoms with Crippen LogP contribution in [0.4, 0.5) is 0 Å². The van der Waals surface area contributed by atoms with Crippen LogP contribution in [0.2, 0.25) is 0 Å². The molecule has 1 aromatic carbocycles. The van der Waals surface area contributed by atoms with E-state index in [0.717, 1.165) is 6.33 Å². The van der Waals surface area contributed by atoms with Crippen molar-refractivity contribution in [2.45, 2.75) is 6.92 Å². The highest BCUT2D eigenvalue weighted by Crippen LogP contribution is 2.17. The minimum absolute atomic E-state index is 0.353. The maximum Gasteiger partial charge on any atom is 0.308 e. The van der Waals surface area contributed by atoms with Crippen molar-refractivity contribution in [2.75, 3.05) is 0 Å². The first kappa shape index (κ1) is 9.39. The van der Waals surface area contributed by atoms with Crippen LogP contribution in [-0.2, 0) is 4.79 Å². The number of ether oxygens (including phenoxy) is 1. The van der Waals surface area contributed by atoms with E-state index in [-0.39, 0.29) is 0 Å². The molecule has 1 heterocycles. The average Bonchev–Trinajstić information content (AvgIpc) is 2.18. The first-order valence-electron chi connectivity index (χ1n) is 4.32. The number of aromatic nitrogens is 2. The number of hydrogen-bond donors (Lipinski definition) is 0. The molecule has 0 aliphatic rings. The topological polar surface area (TPSA) is 66.1 Å². The minimum Gasteiger partial charge on any atom is -0.710 e. The molecule has 0 aliphatic heterocycles. The van der Waals surface area contributed by atoms with Crippen LogP contribution >= 0.6 is 0 Å². The standard InChI is InChI=1S/C10H8N2O3/c1-7(13)15-9-3-2-8-5-11-6-12(14)10(8)4-9/h2-6H,1H3. The Hall–Kier alpha value is -2.17. The third-order valence-corrected chi connectivity index (χ3v) is 1.89. The zero-order chi connectivity index (χ0) is 10.8. The molecule has 0 saturated heterocycles. The van der Waals surface area contributed by atoms with Crippen LogP contribution < -0.4 is 9.47 Å². The van der Waals surface area contributed by atoms with Gasteiger partial charge < -0.3 is 9.94 Å². The second-order valence-electron chi connectivity index (χ2n) is 3.03. The average molecular weight is 204 g/mol. The molecular weight excluding hydrogens is 196 g/mol. The predicted molar refractivity (Wildman–Crippen MR) is 52.0 cm³/mol. The molecule has 15 heavy (non-hydrogen) atoms. The van der Waals surface area contributed by atoms with Gasteiger partial charge in [0.2, 0.25) is 0 Å². The molecule has 0 atom stereocenters. The molecule has 0 bridgehead atoms. The molecule has 2 aromatic rings. The molecule has 0 fully saturated rings. The van der Waals surface area contributed by atoms with Gasteiger partial charge in [-0.3, -0.25) is 4.79 Å². The van der Waals surface area contributed by atoms with E-state index in [0.29, 0.717) is 21.4 Å². The highest BCUT2D eigenvalue weighted by atomic mass is 16.5. The summed E-state index contributed by atoms with van der Waals surface area (Å²) in [5, 5.41) is 12.0. The van der Waals surface area contributed by atoms with Crippen molar-refractivity contribution in [3.63, 3.8) is 0 Å². The number of nitrogens with zero attached hydrogens (tertiary/aromatic N) is 2. The largest absolute Gasteiger partial charge is 0.710 e. The lowest BCUT2D eigenvalue weighted by Gasteiger charge is -2.05. The second-order valence-corrected chi connectivity index (χ2v) is 3.03. The molecule has 0 unspecified atom stereocenters. The lowest BCUT2D eigenvalue weighted by molar-refractivity contribution is -0.580. The second kappa shape index (κ2) is 3.53. The van der Waals surface area contributed by atoms with E-state index in [9.17, 15) is 10.0 Å². The van der Waals surface area contributed by atoms with Gasteiger partial charge in [0.1, 0.15) is 11.3 Å². The van der Waals surface area contributed by atoms with Crippen LogP contribution in [0.15, 0.2) is 30.7 Å². The fraction of sp³-hybridized carbons (Fsp3) is 0.100. The molecule has 0 saturated carbocycles. The number of hydrogen-bond acceptors (Lipinski definition) is 4. The van der Waals surface area contributed by atoms with Gasteiger partial charge in [0.25, 0.3) is 6.33 Å². The van der Waals surface area contributed by atoms with Crippen molar-refractivity contribution in [3.05, 3.63) is 35.9 Å². The fourth-order valence-corrected chi connectivity index (χ4v) is 1.29. The first-order valence-corrected chi connectivity index (χ1v) is 4.32. The Bertz CT molecular complexity index is 525. The van der Waals surface area contributed by atoms with E-state index in [2.05, 4.69) is 4.98 Å². The molecule has 0 aliphatic carbocycles. The van der Waals surface area contributed by atoms with Gasteiger partial charge in [-0.15, -0.1) is 0 Å². The molecule has 5 nitrogen and oxygen atoms in total. The number of carbonyl (C=O) groups is 1. The Morgan fingerprint density at radius 3 is 3.07 bits per heavy atom. The van der Waals surface area contributed by atoms with Gasteiger partial charge in [-0.1, -0.05) is 4.98 Å². The Kier molecular flexibility index (Phi) is 2.21. The molecular formula is C10H8N2O3. The molecule has 1 aromatic heterocycles. The van der Waals surface area contributed by atoms with Crippen molar-refractivity contribution < 1.29 is 14.3 Å². The van der Waals surface area contributed by atoms with Gasteiger partial charge in [0.15, 0.2) is 6.20 Å². The van der Waals surface area contributed by atoms with Crippen molar-refractivity contribution in [2.24, 2.45) is 0 Å². The van der Waals surface area contributed by atoms with Crippen LogP contribution in [0, 0.1) is 5.21 Å². The molecule has 76 valence electrons. The number of benzene rings is 1. The maximum atomic E-state index is 11.3. The van der Waals surface area contributed by atoms with E-state index < -0.39 is 5.97 Å². The van der Waals surface area contributed by atoms with Crippen LogP contribution in [-0.4, -0.2) is 11.0 Å². The highest BCUT2D eigenvalue weighted by Gasteiger charge is 2.04. The van der Waals surface area contributed by atoms with E-state index in [1.54, 1.807) is 18.3 Å².